The fourth-order valence-corrected chi connectivity index (χ4v) is 3.91. The molecule has 2 bridgehead atoms. The number of carbonyl (C=O) groups excluding carboxylic acids is 3. The molecule has 1 saturated heterocycles. The zero-order valence-electron chi connectivity index (χ0n) is 12.4. The Morgan fingerprint density at radius 2 is 1.62 bits per heavy atom. The lowest BCUT2D eigenvalue weighted by Gasteiger charge is -2.17. The fraction of sp³-hybridized carbons (Fsp3) is 0.312. The van der Waals surface area contributed by atoms with Crippen LogP contribution in [0.15, 0.2) is 36.4 Å². The van der Waals surface area contributed by atoms with E-state index in [9.17, 15) is 24.5 Å². The second-order valence-electron chi connectivity index (χ2n) is 6.26. The number of nitrogens with one attached hydrogen (secondary N) is 1. The summed E-state index contributed by atoms with van der Waals surface area (Å²) in [6, 6.07) is 4.96. The summed E-state index contributed by atoms with van der Waals surface area (Å²) in [7, 11) is 0. The minimum Gasteiger partial charge on any atom is -0.272 e. The lowest BCUT2D eigenvalue weighted by molar-refractivity contribution is -0.384. The van der Waals surface area contributed by atoms with Gasteiger partial charge in [0.1, 0.15) is 0 Å². The highest BCUT2D eigenvalue weighted by atomic mass is 16.6. The monoisotopic (exact) mass is 327 g/mol. The topological polar surface area (TPSA) is 110 Å². The van der Waals surface area contributed by atoms with Crippen molar-refractivity contribution in [2.24, 2.45) is 23.7 Å². The first-order valence-electron chi connectivity index (χ1n) is 7.59. The number of allylic oxidation sites excluding steroid dienone is 2. The molecule has 4 rings (SSSR count). The van der Waals surface area contributed by atoms with Crippen LogP contribution in [0.4, 0.5) is 5.69 Å². The van der Waals surface area contributed by atoms with Crippen LogP contribution in [-0.4, -0.2) is 27.7 Å². The smallest absolute Gasteiger partial charge is 0.270 e. The Morgan fingerprint density at radius 1 is 1.08 bits per heavy atom. The van der Waals surface area contributed by atoms with Crippen LogP contribution in [0.1, 0.15) is 16.8 Å². The van der Waals surface area contributed by atoms with Crippen LogP contribution in [0.25, 0.3) is 0 Å². The molecule has 0 spiro atoms. The van der Waals surface area contributed by atoms with Crippen LogP contribution >= 0.6 is 0 Å². The van der Waals surface area contributed by atoms with Gasteiger partial charge in [0.2, 0.25) is 0 Å². The number of nitro groups is 1. The quantitative estimate of drug-likeness (QED) is 0.386. The summed E-state index contributed by atoms with van der Waals surface area (Å²) in [5.41, 5.74) is 2.34. The summed E-state index contributed by atoms with van der Waals surface area (Å²) in [5, 5.41) is 11.4. The van der Waals surface area contributed by atoms with E-state index in [1.807, 2.05) is 12.2 Å². The van der Waals surface area contributed by atoms with E-state index in [1.165, 1.54) is 24.3 Å². The third kappa shape index (κ3) is 1.96. The van der Waals surface area contributed by atoms with Crippen molar-refractivity contribution >= 4 is 23.4 Å². The normalized spacial score (nSPS) is 29.9. The van der Waals surface area contributed by atoms with Gasteiger partial charge in [-0.15, -0.1) is 0 Å². The average Bonchev–Trinajstić information content (AvgIpc) is 3.24. The van der Waals surface area contributed by atoms with E-state index < -0.39 is 10.8 Å². The molecule has 24 heavy (non-hydrogen) atoms. The first-order chi connectivity index (χ1) is 11.5. The van der Waals surface area contributed by atoms with Crippen LogP contribution in [0.3, 0.4) is 0 Å². The highest BCUT2D eigenvalue weighted by Crippen LogP contribution is 2.52. The van der Waals surface area contributed by atoms with Crippen molar-refractivity contribution in [1.82, 2.24) is 10.4 Å². The van der Waals surface area contributed by atoms with Gasteiger partial charge in [0.25, 0.3) is 23.4 Å². The fourth-order valence-electron chi connectivity index (χ4n) is 3.91. The minimum absolute atomic E-state index is 0.0673. The standard InChI is InChI=1S/C16H13N3O5/c20-14(8-3-5-11(6-4-8)19(23)24)17-18-15(21)12-9-1-2-10(7-9)13(12)16(18)22/h1-6,9-10,12-13H,7H2,(H,17,20)/t9-,10-,12+,13+/m0/s1. The molecule has 2 aliphatic carbocycles. The Bertz CT molecular complexity index is 770. The van der Waals surface area contributed by atoms with Crippen LogP contribution in [0, 0.1) is 33.8 Å². The molecule has 0 unspecified atom stereocenters. The third-order valence-corrected chi connectivity index (χ3v) is 5.02. The summed E-state index contributed by atoms with van der Waals surface area (Å²) in [4.78, 5) is 47.2. The largest absolute Gasteiger partial charge is 0.272 e. The number of hydrazine groups is 1. The van der Waals surface area contributed by atoms with Gasteiger partial charge in [0.05, 0.1) is 16.8 Å². The SMILES string of the molecule is O=C(NN1C(=O)[C@H]2[C@H](C1=O)[C@H]1C=C[C@H]2C1)c1ccc([N+](=O)[O-])cc1. The van der Waals surface area contributed by atoms with Crippen LogP contribution in [-0.2, 0) is 9.59 Å². The molecule has 2 fully saturated rings. The van der Waals surface area contributed by atoms with E-state index in [2.05, 4.69) is 5.43 Å². The predicted molar refractivity (Wildman–Crippen MR) is 80.1 cm³/mol. The van der Waals surface area contributed by atoms with Gasteiger partial charge in [0.15, 0.2) is 0 Å². The van der Waals surface area contributed by atoms with Gasteiger partial charge in [-0.3, -0.25) is 29.9 Å². The third-order valence-electron chi connectivity index (χ3n) is 5.02. The van der Waals surface area contributed by atoms with E-state index in [0.717, 1.165) is 11.4 Å². The van der Waals surface area contributed by atoms with E-state index in [0.29, 0.717) is 0 Å². The molecule has 3 amide bonds. The number of hydrogen-bond acceptors (Lipinski definition) is 5. The highest BCUT2D eigenvalue weighted by Gasteiger charge is 2.59. The van der Waals surface area contributed by atoms with Gasteiger partial charge in [-0.2, -0.15) is 5.01 Å². The van der Waals surface area contributed by atoms with Gasteiger partial charge in [0, 0.05) is 17.7 Å². The lowest BCUT2D eigenvalue weighted by Crippen LogP contribution is -2.47. The molecule has 3 aliphatic rings. The zero-order chi connectivity index (χ0) is 17.0. The predicted octanol–water partition coefficient (Wildman–Crippen LogP) is 1.05. The molecule has 0 aromatic heterocycles. The van der Waals surface area contributed by atoms with Crippen molar-refractivity contribution in [3.63, 3.8) is 0 Å². The van der Waals surface area contributed by atoms with Crippen molar-refractivity contribution in [3.05, 3.63) is 52.1 Å². The van der Waals surface area contributed by atoms with Crippen molar-refractivity contribution in [2.75, 3.05) is 0 Å². The molecule has 1 N–H and O–H groups in total. The molecule has 8 heteroatoms. The zero-order valence-corrected chi connectivity index (χ0v) is 12.4. The molecule has 1 heterocycles. The number of nitro benzene ring substituents is 1. The van der Waals surface area contributed by atoms with Gasteiger partial charge in [-0.05, 0) is 30.4 Å². The Labute approximate surface area is 136 Å². The van der Waals surface area contributed by atoms with Gasteiger partial charge in [-0.25, -0.2) is 0 Å². The summed E-state index contributed by atoms with van der Waals surface area (Å²) >= 11 is 0. The number of non-ortho nitro benzene ring substituents is 1. The number of fused-ring (bicyclic) bond motifs is 5. The first-order valence-corrected chi connectivity index (χ1v) is 7.59. The van der Waals surface area contributed by atoms with Crippen LogP contribution < -0.4 is 5.43 Å². The Morgan fingerprint density at radius 3 is 2.12 bits per heavy atom. The summed E-state index contributed by atoms with van der Waals surface area (Å²) in [6.07, 6.45) is 4.76. The van der Waals surface area contributed by atoms with Gasteiger partial charge in [-0.1, -0.05) is 12.2 Å². The molecule has 122 valence electrons. The molecular formula is C16H13N3O5. The van der Waals surface area contributed by atoms with Crippen LogP contribution in [0.5, 0.6) is 0 Å². The number of carbonyl (C=O) groups is 3. The number of amides is 3. The highest BCUT2D eigenvalue weighted by molar-refractivity contribution is 6.08. The second kappa shape index (κ2) is 4.98. The number of nitrogens with zero attached hydrogens (tertiary/aromatic N) is 2. The lowest BCUT2D eigenvalue weighted by atomic mass is 9.85. The van der Waals surface area contributed by atoms with Crippen LogP contribution in [0.2, 0.25) is 0 Å². The maximum atomic E-state index is 12.5. The van der Waals surface area contributed by atoms with Crippen molar-refractivity contribution in [3.8, 4) is 0 Å². The summed E-state index contributed by atoms with van der Waals surface area (Å²) in [5.74, 6) is -2.04. The van der Waals surface area contributed by atoms with Crippen molar-refractivity contribution in [2.45, 2.75) is 6.42 Å². The number of imide groups is 1. The van der Waals surface area contributed by atoms with E-state index >= 15 is 0 Å². The Balaban J connectivity index is 1.51. The van der Waals surface area contributed by atoms with Crippen molar-refractivity contribution < 1.29 is 19.3 Å². The van der Waals surface area contributed by atoms with Crippen molar-refractivity contribution in [1.29, 1.82) is 0 Å². The molecule has 0 radical (unpaired) electrons. The van der Waals surface area contributed by atoms with Gasteiger partial charge < -0.3 is 0 Å². The maximum absolute atomic E-state index is 12.5. The Hall–Kier alpha value is -3.03. The summed E-state index contributed by atoms with van der Waals surface area (Å²) < 4.78 is 0. The Kier molecular flexibility index (Phi) is 3.02. The molecule has 1 aromatic rings. The molecule has 8 nitrogen and oxygen atoms in total. The van der Waals surface area contributed by atoms with E-state index in [-0.39, 0.29) is 46.7 Å². The number of hydrogen-bond donors (Lipinski definition) is 1. The first kappa shape index (κ1) is 14.6. The van der Waals surface area contributed by atoms with Gasteiger partial charge >= 0.3 is 0 Å². The average molecular weight is 327 g/mol. The van der Waals surface area contributed by atoms with E-state index in [1.54, 1.807) is 0 Å². The second-order valence-corrected chi connectivity index (χ2v) is 6.26. The summed E-state index contributed by atoms with van der Waals surface area (Å²) in [6.45, 7) is 0. The molecular weight excluding hydrogens is 314 g/mol. The maximum Gasteiger partial charge on any atom is 0.270 e. The molecule has 1 aliphatic heterocycles. The molecule has 1 aromatic carbocycles. The molecule has 1 saturated carbocycles. The molecule has 4 atom stereocenters. The minimum atomic E-state index is -0.646. The number of benzene rings is 1. The van der Waals surface area contributed by atoms with E-state index in [4.69, 9.17) is 0 Å². The number of rotatable bonds is 3.